The van der Waals surface area contributed by atoms with E-state index in [0.717, 1.165) is 0 Å². The van der Waals surface area contributed by atoms with Crippen molar-refractivity contribution in [1.82, 2.24) is 4.98 Å². The van der Waals surface area contributed by atoms with Crippen LogP contribution in [0.2, 0.25) is 0 Å². The Morgan fingerprint density at radius 3 is 3.08 bits per heavy atom. The van der Waals surface area contributed by atoms with Gasteiger partial charge in [0.15, 0.2) is 0 Å². The Morgan fingerprint density at radius 2 is 2.46 bits per heavy atom. The molecule has 0 aliphatic rings. The second kappa shape index (κ2) is 4.71. The maximum Gasteiger partial charge on any atom is 0.252 e. The molecule has 0 spiro atoms. The van der Waals surface area contributed by atoms with E-state index in [1.807, 2.05) is 0 Å². The van der Waals surface area contributed by atoms with Gasteiger partial charge < -0.3 is 11.1 Å². The van der Waals surface area contributed by atoms with E-state index in [1.54, 1.807) is 18.3 Å². The van der Waals surface area contributed by atoms with E-state index >= 15 is 0 Å². The molecule has 4 nitrogen and oxygen atoms in total. The van der Waals surface area contributed by atoms with Crippen LogP contribution in [0.15, 0.2) is 18.3 Å². The van der Waals surface area contributed by atoms with Crippen molar-refractivity contribution in [2.45, 2.75) is 0 Å². The third-order valence-corrected chi connectivity index (χ3v) is 1.70. The fraction of sp³-hybridized carbons (Fsp3) is 0.250. The quantitative estimate of drug-likeness (QED) is 0.616. The van der Waals surface area contributed by atoms with Crippen LogP contribution in [0.3, 0.4) is 0 Å². The molecule has 0 atom stereocenters. The van der Waals surface area contributed by atoms with Crippen LogP contribution in [0, 0.1) is 0 Å². The van der Waals surface area contributed by atoms with Crippen molar-refractivity contribution in [3.8, 4) is 0 Å². The summed E-state index contributed by atoms with van der Waals surface area (Å²) in [5, 5.41) is 2.96. The van der Waals surface area contributed by atoms with Gasteiger partial charge in [0, 0.05) is 18.5 Å². The van der Waals surface area contributed by atoms with Crippen LogP contribution < -0.4 is 11.1 Å². The number of nitrogens with two attached hydrogens (primary N) is 1. The topological polar surface area (TPSA) is 68.0 Å². The summed E-state index contributed by atoms with van der Waals surface area (Å²) in [6.45, 7) is 0.653. The molecule has 0 saturated heterocycles. The largest absolute Gasteiger partial charge is 0.369 e. The molecular formula is C8H11N3OS. The van der Waals surface area contributed by atoms with Gasteiger partial charge in [-0.25, -0.2) is 4.98 Å². The smallest absolute Gasteiger partial charge is 0.252 e. The number of hydrogen-bond acceptors (Lipinski definition) is 4. The van der Waals surface area contributed by atoms with Crippen LogP contribution in [0.25, 0.3) is 0 Å². The summed E-state index contributed by atoms with van der Waals surface area (Å²) in [4.78, 5) is 14.9. The molecule has 3 N–H and O–H groups in total. The van der Waals surface area contributed by atoms with Crippen LogP contribution in [-0.4, -0.2) is 23.2 Å². The summed E-state index contributed by atoms with van der Waals surface area (Å²) < 4.78 is 0. The fourth-order valence-electron chi connectivity index (χ4n) is 0.919. The number of carbonyl (C=O) groups excluding carboxylic acids is 1. The zero-order chi connectivity index (χ0) is 9.68. The lowest BCUT2D eigenvalue weighted by atomic mass is 10.2. The first-order chi connectivity index (χ1) is 6.25. The first-order valence-corrected chi connectivity index (χ1v) is 4.48. The minimum atomic E-state index is -0.477. The lowest BCUT2D eigenvalue weighted by Gasteiger charge is -2.06. The summed E-state index contributed by atoms with van der Waals surface area (Å²) >= 11 is 4.03. The molecule has 0 aliphatic heterocycles. The molecule has 0 unspecified atom stereocenters. The molecule has 0 radical (unpaired) electrons. The molecule has 1 aromatic heterocycles. The number of carbonyl (C=O) groups is 1. The van der Waals surface area contributed by atoms with Crippen LogP contribution in [0.1, 0.15) is 10.4 Å². The number of rotatable bonds is 4. The average molecular weight is 197 g/mol. The van der Waals surface area contributed by atoms with Gasteiger partial charge in [0.25, 0.3) is 5.91 Å². The number of pyridine rings is 1. The number of aromatic nitrogens is 1. The molecule has 1 heterocycles. The van der Waals surface area contributed by atoms with Gasteiger partial charge in [0.1, 0.15) is 5.82 Å². The molecule has 70 valence electrons. The second-order valence-electron chi connectivity index (χ2n) is 2.41. The van der Waals surface area contributed by atoms with Crippen molar-refractivity contribution in [3.05, 3.63) is 23.9 Å². The number of thiol groups is 1. The molecule has 1 aromatic rings. The Bertz CT molecular complexity index is 303. The summed E-state index contributed by atoms with van der Waals surface area (Å²) in [6, 6.07) is 3.31. The van der Waals surface area contributed by atoms with Crippen LogP contribution >= 0.6 is 12.6 Å². The molecule has 5 heteroatoms. The number of anilines is 1. The maximum absolute atomic E-state index is 10.9. The van der Waals surface area contributed by atoms with Crippen LogP contribution in [-0.2, 0) is 0 Å². The second-order valence-corrected chi connectivity index (χ2v) is 2.86. The van der Waals surface area contributed by atoms with Gasteiger partial charge in [0.2, 0.25) is 0 Å². The number of primary amides is 1. The van der Waals surface area contributed by atoms with Crippen molar-refractivity contribution < 1.29 is 4.79 Å². The van der Waals surface area contributed by atoms with Gasteiger partial charge >= 0.3 is 0 Å². The van der Waals surface area contributed by atoms with Gasteiger partial charge in [-0.05, 0) is 12.1 Å². The van der Waals surface area contributed by atoms with E-state index in [2.05, 4.69) is 22.9 Å². The SMILES string of the molecule is NC(=O)c1cccnc1NCCS. The highest BCUT2D eigenvalue weighted by Gasteiger charge is 2.06. The lowest BCUT2D eigenvalue weighted by molar-refractivity contribution is 0.100. The predicted octanol–water partition coefficient (Wildman–Crippen LogP) is 0.522. The molecule has 13 heavy (non-hydrogen) atoms. The normalized spacial score (nSPS) is 9.62. The fourth-order valence-corrected chi connectivity index (χ4v) is 1.03. The van der Waals surface area contributed by atoms with E-state index in [9.17, 15) is 4.79 Å². The first kappa shape index (κ1) is 9.85. The monoisotopic (exact) mass is 197 g/mol. The minimum absolute atomic E-state index is 0.407. The molecule has 1 rings (SSSR count). The third-order valence-electron chi connectivity index (χ3n) is 1.48. The molecule has 1 amide bonds. The maximum atomic E-state index is 10.9. The highest BCUT2D eigenvalue weighted by atomic mass is 32.1. The summed E-state index contributed by atoms with van der Waals surface area (Å²) in [5.41, 5.74) is 5.56. The zero-order valence-corrected chi connectivity index (χ0v) is 7.92. The van der Waals surface area contributed by atoms with Crippen molar-refractivity contribution in [3.63, 3.8) is 0 Å². The first-order valence-electron chi connectivity index (χ1n) is 3.85. The molecule has 0 saturated carbocycles. The van der Waals surface area contributed by atoms with E-state index in [0.29, 0.717) is 23.7 Å². The average Bonchev–Trinajstić information content (AvgIpc) is 2.15. The van der Waals surface area contributed by atoms with E-state index in [4.69, 9.17) is 5.73 Å². The third kappa shape index (κ3) is 2.62. The van der Waals surface area contributed by atoms with Crippen molar-refractivity contribution in [1.29, 1.82) is 0 Å². The highest BCUT2D eigenvalue weighted by Crippen LogP contribution is 2.09. The van der Waals surface area contributed by atoms with Crippen molar-refractivity contribution in [2.75, 3.05) is 17.6 Å². The Morgan fingerprint density at radius 1 is 1.69 bits per heavy atom. The molecule has 0 bridgehead atoms. The highest BCUT2D eigenvalue weighted by molar-refractivity contribution is 7.80. The van der Waals surface area contributed by atoms with Gasteiger partial charge in [-0.3, -0.25) is 4.79 Å². The van der Waals surface area contributed by atoms with E-state index in [-0.39, 0.29) is 0 Å². The lowest BCUT2D eigenvalue weighted by Crippen LogP contribution is -2.16. The van der Waals surface area contributed by atoms with Gasteiger partial charge in [-0.15, -0.1) is 0 Å². The van der Waals surface area contributed by atoms with Gasteiger partial charge in [0.05, 0.1) is 5.56 Å². The molecule has 0 aromatic carbocycles. The molecule has 0 aliphatic carbocycles. The Labute approximate surface area is 82.0 Å². The molecular weight excluding hydrogens is 186 g/mol. The van der Waals surface area contributed by atoms with Crippen molar-refractivity contribution in [2.24, 2.45) is 5.73 Å². The zero-order valence-electron chi connectivity index (χ0n) is 7.03. The Balaban J connectivity index is 2.84. The standard InChI is InChI=1S/C8H11N3OS/c9-7(12)6-2-1-3-10-8(6)11-4-5-13/h1-3,13H,4-5H2,(H2,9,12)(H,10,11). The van der Waals surface area contributed by atoms with E-state index < -0.39 is 5.91 Å². The van der Waals surface area contributed by atoms with E-state index in [1.165, 1.54) is 0 Å². The summed E-state index contributed by atoms with van der Waals surface area (Å²) in [6.07, 6.45) is 1.60. The minimum Gasteiger partial charge on any atom is -0.369 e. The summed E-state index contributed by atoms with van der Waals surface area (Å²) in [5.74, 6) is 0.716. The number of amides is 1. The van der Waals surface area contributed by atoms with Gasteiger partial charge in [-0.1, -0.05) is 0 Å². The Hall–Kier alpha value is -1.23. The van der Waals surface area contributed by atoms with Crippen LogP contribution in [0.5, 0.6) is 0 Å². The van der Waals surface area contributed by atoms with Crippen LogP contribution in [0.4, 0.5) is 5.82 Å². The summed E-state index contributed by atoms with van der Waals surface area (Å²) in [7, 11) is 0. The molecule has 0 fully saturated rings. The predicted molar refractivity (Wildman–Crippen MR) is 55.1 cm³/mol. The number of hydrogen-bond donors (Lipinski definition) is 3. The Kier molecular flexibility index (Phi) is 3.57. The van der Waals surface area contributed by atoms with Crippen molar-refractivity contribution >= 4 is 24.4 Å². The number of nitrogens with zero attached hydrogens (tertiary/aromatic N) is 1. The van der Waals surface area contributed by atoms with Gasteiger partial charge in [-0.2, -0.15) is 12.6 Å². The number of nitrogens with one attached hydrogen (secondary N) is 1.